The van der Waals surface area contributed by atoms with E-state index in [2.05, 4.69) is 20.9 Å². The molecule has 0 aliphatic carbocycles. The van der Waals surface area contributed by atoms with E-state index in [1.54, 1.807) is 24.3 Å². The minimum atomic E-state index is -0.945. The molecular formula is C29H33F2N7O3. The van der Waals surface area contributed by atoms with Gasteiger partial charge in [0, 0.05) is 19.6 Å². The Morgan fingerprint density at radius 2 is 1.20 bits per heavy atom. The lowest BCUT2D eigenvalue weighted by atomic mass is 9.90. The highest BCUT2D eigenvalue weighted by atomic mass is 19.1. The number of hydrogen-bond acceptors (Lipinski definition) is 4. The first-order valence-electron chi connectivity index (χ1n) is 12.9. The van der Waals surface area contributed by atoms with Crippen molar-refractivity contribution in [1.29, 1.82) is 0 Å². The predicted octanol–water partition coefficient (Wildman–Crippen LogP) is 2.12. The maximum atomic E-state index is 13.6. The fourth-order valence-corrected chi connectivity index (χ4v) is 4.11. The van der Waals surface area contributed by atoms with Crippen molar-refractivity contribution in [3.05, 3.63) is 107 Å². The molecule has 0 bridgehead atoms. The summed E-state index contributed by atoms with van der Waals surface area (Å²) < 4.78 is 27.2. The van der Waals surface area contributed by atoms with Crippen LogP contribution >= 0.6 is 0 Å². The molecule has 3 aromatic carbocycles. The number of nitrogens with two attached hydrogens (primary N) is 3. The maximum absolute atomic E-state index is 13.6. The molecule has 0 fully saturated rings. The van der Waals surface area contributed by atoms with Crippen LogP contribution in [0.1, 0.15) is 41.0 Å². The van der Waals surface area contributed by atoms with Crippen molar-refractivity contribution in [2.45, 2.75) is 37.9 Å². The van der Waals surface area contributed by atoms with E-state index in [0.29, 0.717) is 17.5 Å². The van der Waals surface area contributed by atoms with Crippen LogP contribution in [-0.2, 0) is 22.7 Å². The summed E-state index contributed by atoms with van der Waals surface area (Å²) in [4.78, 5) is 41.7. The number of urea groups is 1. The number of benzene rings is 3. The minimum absolute atomic E-state index is 0.0859. The number of primary amides is 1. The number of nitrogens with zero attached hydrogens (tertiary/aromatic N) is 1. The van der Waals surface area contributed by atoms with Crippen molar-refractivity contribution in [2.24, 2.45) is 22.2 Å². The predicted molar refractivity (Wildman–Crippen MR) is 151 cm³/mol. The van der Waals surface area contributed by atoms with E-state index in [1.165, 1.54) is 48.5 Å². The second-order valence-electron chi connectivity index (χ2n) is 9.30. The Morgan fingerprint density at radius 1 is 0.707 bits per heavy atom. The standard InChI is InChI=1S/C29H33F2N7O3/c30-22-11-7-20(8-12-22)25(21-9-13-23(31)14-10-21)27(40)38-24(2-1-15-35-28(32)33)26(39)36-16-18-3-5-19(6-4-18)17-37-29(34)41/h3-14,24-25H,1-2,15-17H2,(H,36,39)(H,38,40)(H4,32,33,35)(H3,34,37,41)/t24-/m1/s1. The van der Waals surface area contributed by atoms with Crippen molar-refractivity contribution in [3.8, 4) is 0 Å². The van der Waals surface area contributed by atoms with Crippen molar-refractivity contribution in [3.63, 3.8) is 0 Å². The molecule has 0 aliphatic heterocycles. The molecule has 10 nitrogen and oxygen atoms in total. The number of carbonyl (C=O) groups excluding carboxylic acids is 3. The fraction of sp³-hybridized carbons (Fsp3) is 0.241. The molecule has 1 atom stereocenters. The van der Waals surface area contributed by atoms with Crippen molar-refractivity contribution >= 4 is 23.8 Å². The maximum Gasteiger partial charge on any atom is 0.312 e. The summed E-state index contributed by atoms with van der Waals surface area (Å²) in [6.07, 6.45) is 0.626. The summed E-state index contributed by atoms with van der Waals surface area (Å²) in [6, 6.07) is 16.4. The average Bonchev–Trinajstić information content (AvgIpc) is 2.94. The summed E-state index contributed by atoms with van der Waals surface area (Å²) in [5, 5.41) is 8.13. The zero-order valence-corrected chi connectivity index (χ0v) is 22.3. The number of rotatable bonds is 13. The number of aliphatic imine (C=N–C) groups is 1. The van der Waals surface area contributed by atoms with Gasteiger partial charge in [-0.05, 0) is 59.4 Å². The average molecular weight is 566 g/mol. The summed E-state index contributed by atoms with van der Waals surface area (Å²) in [7, 11) is 0. The van der Waals surface area contributed by atoms with E-state index in [4.69, 9.17) is 17.2 Å². The van der Waals surface area contributed by atoms with E-state index in [1.807, 2.05) is 0 Å². The Hall–Kier alpha value is -5.00. The third kappa shape index (κ3) is 9.92. The van der Waals surface area contributed by atoms with E-state index in [0.717, 1.165) is 11.1 Å². The van der Waals surface area contributed by atoms with E-state index in [9.17, 15) is 23.2 Å². The highest BCUT2D eigenvalue weighted by molar-refractivity contribution is 5.92. The lowest BCUT2D eigenvalue weighted by Gasteiger charge is -2.23. The van der Waals surface area contributed by atoms with Gasteiger partial charge in [-0.15, -0.1) is 0 Å². The molecule has 41 heavy (non-hydrogen) atoms. The molecule has 216 valence electrons. The molecule has 0 spiro atoms. The molecule has 0 aromatic heterocycles. The molecular weight excluding hydrogens is 532 g/mol. The highest BCUT2D eigenvalue weighted by Gasteiger charge is 2.28. The Morgan fingerprint density at radius 3 is 1.66 bits per heavy atom. The zero-order valence-electron chi connectivity index (χ0n) is 22.3. The topological polar surface area (TPSA) is 178 Å². The molecule has 3 rings (SSSR count). The minimum Gasteiger partial charge on any atom is -0.370 e. The third-order valence-electron chi connectivity index (χ3n) is 6.20. The van der Waals surface area contributed by atoms with Crippen LogP contribution in [0.4, 0.5) is 13.6 Å². The summed E-state index contributed by atoms with van der Waals surface area (Å²) in [5.74, 6) is -2.90. The van der Waals surface area contributed by atoms with Gasteiger partial charge in [-0.1, -0.05) is 48.5 Å². The largest absolute Gasteiger partial charge is 0.370 e. The SMILES string of the molecule is NC(=O)NCc1ccc(CNC(=O)[C@@H](CCCN=C(N)N)NC(=O)C(c2ccc(F)cc2)c2ccc(F)cc2)cc1. The first-order chi connectivity index (χ1) is 19.6. The molecule has 0 unspecified atom stereocenters. The molecule has 0 heterocycles. The van der Waals surface area contributed by atoms with Gasteiger partial charge in [-0.25, -0.2) is 13.6 Å². The molecule has 12 heteroatoms. The molecule has 0 radical (unpaired) electrons. The van der Waals surface area contributed by atoms with Gasteiger partial charge in [0.25, 0.3) is 0 Å². The monoisotopic (exact) mass is 565 g/mol. The van der Waals surface area contributed by atoms with Crippen LogP contribution < -0.4 is 33.2 Å². The lowest BCUT2D eigenvalue weighted by Crippen LogP contribution is -2.48. The summed E-state index contributed by atoms with van der Waals surface area (Å²) >= 11 is 0. The van der Waals surface area contributed by atoms with Crippen LogP contribution in [-0.4, -0.2) is 36.4 Å². The summed E-state index contributed by atoms with van der Waals surface area (Å²) in [6.45, 7) is 0.708. The quantitative estimate of drug-likeness (QED) is 0.105. The van der Waals surface area contributed by atoms with Crippen LogP contribution in [0.25, 0.3) is 0 Å². The number of halogens is 2. The van der Waals surface area contributed by atoms with Gasteiger partial charge < -0.3 is 33.2 Å². The molecule has 4 amide bonds. The van der Waals surface area contributed by atoms with Crippen molar-refractivity contribution in [1.82, 2.24) is 16.0 Å². The normalized spacial score (nSPS) is 11.4. The van der Waals surface area contributed by atoms with Gasteiger partial charge in [0.2, 0.25) is 11.8 Å². The number of hydrogen-bond donors (Lipinski definition) is 6. The third-order valence-corrected chi connectivity index (χ3v) is 6.20. The number of guanidine groups is 1. The first-order valence-corrected chi connectivity index (χ1v) is 12.9. The zero-order chi connectivity index (χ0) is 29.8. The van der Waals surface area contributed by atoms with Gasteiger partial charge in [-0.3, -0.25) is 14.6 Å². The Balaban J connectivity index is 1.76. The first kappa shape index (κ1) is 30.5. The second kappa shape index (κ2) is 15.0. The highest BCUT2D eigenvalue weighted by Crippen LogP contribution is 2.26. The van der Waals surface area contributed by atoms with Gasteiger partial charge in [0.15, 0.2) is 5.96 Å². The van der Waals surface area contributed by atoms with Crippen LogP contribution in [0.3, 0.4) is 0 Å². The number of nitrogens with one attached hydrogen (secondary N) is 3. The van der Waals surface area contributed by atoms with Crippen molar-refractivity contribution < 1.29 is 23.2 Å². The molecule has 3 aromatic rings. The molecule has 0 aliphatic rings. The van der Waals surface area contributed by atoms with Crippen LogP contribution in [0.5, 0.6) is 0 Å². The number of carbonyl (C=O) groups is 3. The van der Waals surface area contributed by atoms with Gasteiger partial charge in [0.05, 0.1) is 5.92 Å². The molecule has 0 saturated carbocycles. The fourth-order valence-electron chi connectivity index (χ4n) is 4.11. The van der Waals surface area contributed by atoms with Gasteiger partial charge >= 0.3 is 6.03 Å². The van der Waals surface area contributed by atoms with Crippen LogP contribution in [0.2, 0.25) is 0 Å². The summed E-state index contributed by atoms with van der Waals surface area (Å²) in [5.41, 5.74) is 18.5. The molecule has 0 saturated heterocycles. The second-order valence-corrected chi connectivity index (χ2v) is 9.30. The Bertz CT molecular complexity index is 1300. The van der Waals surface area contributed by atoms with E-state index >= 15 is 0 Å². The van der Waals surface area contributed by atoms with Crippen LogP contribution in [0.15, 0.2) is 77.8 Å². The van der Waals surface area contributed by atoms with Gasteiger partial charge in [0.1, 0.15) is 17.7 Å². The Kier molecular flexibility index (Phi) is 11.1. The van der Waals surface area contributed by atoms with Crippen molar-refractivity contribution in [2.75, 3.05) is 6.54 Å². The number of amides is 4. The van der Waals surface area contributed by atoms with E-state index < -0.39 is 41.4 Å². The van der Waals surface area contributed by atoms with Gasteiger partial charge in [-0.2, -0.15) is 0 Å². The van der Waals surface area contributed by atoms with Crippen LogP contribution in [0, 0.1) is 11.6 Å². The van der Waals surface area contributed by atoms with E-state index in [-0.39, 0.29) is 32.0 Å². The molecule has 9 N–H and O–H groups in total. The lowest BCUT2D eigenvalue weighted by molar-refractivity contribution is -0.129. The Labute approximate surface area is 236 Å². The smallest absolute Gasteiger partial charge is 0.312 e.